The molecule has 0 aliphatic carbocycles. The molecule has 0 spiro atoms. The van der Waals surface area contributed by atoms with E-state index in [-0.39, 0.29) is 77.9 Å². The minimum atomic E-state index is -0.643. The van der Waals surface area contributed by atoms with Crippen LogP contribution in [0.4, 0.5) is 0 Å². The molecule has 0 rings (SSSR count). The third-order valence-corrected chi connectivity index (χ3v) is 1.75. The van der Waals surface area contributed by atoms with Gasteiger partial charge in [0.1, 0.15) is 0 Å². The largest absolute Gasteiger partial charge is 0.481 e. The Kier molecular flexibility index (Phi) is 58.9. The molecule has 0 aliphatic rings. The fraction of sp³-hybridized carbons (Fsp3) is 0.875. The van der Waals surface area contributed by atoms with Gasteiger partial charge in [-0.05, 0) is 12.8 Å². The predicted octanol–water partition coefficient (Wildman–Crippen LogP) is 3.55. The Balaban J connectivity index is -0.0000000405. The van der Waals surface area contributed by atoms with Crippen LogP contribution in [0.3, 0.4) is 0 Å². The van der Waals surface area contributed by atoms with Crippen LogP contribution in [0.2, 0.25) is 0 Å². The van der Waals surface area contributed by atoms with Crippen LogP contribution in [0.1, 0.15) is 39.5 Å². The Labute approximate surface area is 132 Å². The van der Waals surface area contributed by atoms with E-state index in [2.05, 4.69) is 6.92 Å². The molecule has 0 saturated carbocycles. The number of halogens is 3. The van der Waals surface area contributed by atoms with Crippen LogP contribution in [-0.2, 0) is 39.5 Å². The third kappa shape index (κ3) is 21.3. The van der Waals surface area contributed by atoms with E-state index in [9.17, 15) is 4.79 Å². The van der Waals surface area contributed by atoms with Crippen molar-refractivity contribution in [3.05, 3.63) is 0 Å². The molecule has 0 aromatic heterocycles. The summed E-state index contributed by atoms with van der Waals surface area (Å²) in [7, 11) is 0. The summed E-state index contributed by atoms with van der Waals surface area (Å²) in [6.45, 7) is 4.00. The predicted molar refractivity (Wildman–Crippen MR) is 62.7 cm³/mol. The molecule has 0 aromatic rings. The van der Waals surface area contributed by atoms with Crippen LogP contribution in [-0.4, -0.2) is 11.1 Å². The summed E-state index contributed by atoms with van der Waals surface area (Å²) < 4.78 is 0. The summed E-state index contributed by atoms with van der Waals surface area (Å²) in [6.07, 6.45) is 3.71. The van der Waals surface area contributed by atoms with Gasteiger partial charge in [-0.15, -0.1) is 37.2 Å². The number of carboxylic acid groups (broad SMARTS) is 1. The van der Waals surface area contributed by atoms with E-state index in [1.807, 2.05) is 6.92 Å². The summed E-state index contributed by atoms with van der Waals surface area (Å²) >= 11 is 0. The van der Waals surface area contributed by atoms with Crippen molar-refractivity contribution in [1.29, 1.82) is 0 Å². The Morgan fingerprint density at radius 1 is 1.13 bits per heavy atom. The van der Waals surface area contributed by atoms with Gasteiger partial charge in [-0.1, -0.05) is 26.7 Å². The second-order valence-electron chi connectivity index (χ2n) is 2.59. The summed E-state index contributed by atoms with van der Waals surface area (Å²) in [5, 5.41) is 8.60. The molecule has 0 radical (unpaired) electrons. The smallest absolute Gasteiger partial charge is 0.306 e. The van der Waals surface area contributed by atoms with Gasteiger partial charge >= 0.3 is 5.97 Å². The molecule has 2 nitrogen and oxygen atoms in total. The van der Waals surface area contributed by atoms with Crippen LogP contribution in [0.5, 0.6) is 0 Å². The van der Waals surface area contributed by atoms with Crippen LogP contribution in [0, 0.1) is 5.92 Å². The minimum Gasteiger partial charge on any atom is -0.481 e. The normalized spacial score (nSPS) is 8.67. The zero-order valence-corrected chi connectivity index (χ0v) is 13.8. The molecule has 15 heavy (non-hydrogen) atoms. The van der Waals surface area contributed by atoms with E-state index in [0.29, 0.717) is 0 Å². The topological polar surface area (TPSA) is 37.3 Å². The van der Waals surface area contributed by atoms with Crippen molar-refractivity contribution in [3.8, 4) is 0 Å². The van der Waals surface area contributed by atoms with Gasteiger partial charge in [0.15, 0.2) is 0 Å². The van der Waals surface area contributed by atoms with Crippen molar-refractivity contribution in [2.24, 2.45) is 5.92 Å². The van der Waals surface area contributed by atoms with E-state index < -0.39 is 5.97 Å². The molecule has 0 fully saturated rings. The van der Waals surface area contributed by atoms with Gasteiger partial charge in [-0.3, -0.25) is 4.79 Å². The Morgan fingerprint density at radius 2 is 1.53 bits per heavy atom. The van der Waals surface area contributed by atoms with Crippen molar-refractivity contribution in [3.63, 3.8) is 0 Å². The molecule has 1 atom stereocenters. The average Bonchev–Trinajstić information content (AvgIpc) is 1.89. The maximum absolute atomic E-state index is 10.4. The Hall–Kier alpha value is 1.40. The summed E-state index contributed by atoms with van der Waals surface area (Å²) in [5.41, 5.74) is 0. The average molecular weight is 358 g/mol. The number of hydrogen-bond acceptors (Lipinski definition) is 1. The second kappa shape index (κ2) is 24.6. The monoisotopic (exact) mass is 356 g/mol. The molecular weight excluding hydrogens is 338 g/mol. The van der Waals surface area contributed by atoms with Crippen LogP contribution in [0.15, 0.2) is 0 Å². The van der Waals surface area contributed by atoms with Gasteiger partial charge in [0.25, 0.3) is 0 Å². The van der Waals surface area contributed by atoms with E-state index >= 15 is 0 Å². The molecular formula is C8H19Cl3Cr2O2. The van der Waals surface area contributed by atoms with Gasteiger partial charge in [0, 0.05) is 34.7 Å². The van der Waals surface area contributed by atoms with Crippen LogP contribution >= 0.6 is 37.2 Å². The molecule has 0 aromatic carbocycles. The van der Waals surface area contributed by atoms with Crippen molar-refractivity contribution in [2.75, 3.05) is 0 Å². The molecule has 0 bridgehead atoms. The van der Waals surface area contributed by atoms with Crippen LogP contribution in [0.25, 0.3) is 0 Å². The standard InChI is InChI=1S/C8H16O2.3ClH.2Cr/c1-3-5-6-7(4-2)8(9)10;;;;;/h7H,3-6H2,1-2H3,(H,9,10);3*1H;;. The molecule has 1 unspecified atom stereocenters. The van der Waals surface area contributed by atoms with Gasteiger partial charge < -0.3 is 5.11 Å². The van der Waals surface area contributed by atoms with Gasteiger partial charge in [0.05, 0.1) is 5.92 Å². The fourth-order valence-electron chi connectivity index (χ4n) is 0.953. The maximum atomic E-state index is 10.4. The maximum Gasteiger partial charge on any atom is 0.306 e. The first-order chi connectivity index (χ1) is 4.72. The zero-order valence-electron chi connectivity index (χ0n) is 8.80. The van der Waals surface area contributed by atoms with Crippen molar-refractivity contribution in [2.45, 2.75) is 39.5 Å². The first-order valence-electron chi connectivity index (χ1n) is 3.95. The first kappa shape index (κ1) is 36.0. The van der Waals surface area contributed by atoms with E-state index in [0.717, 1.165) is 25.7 Å². The van der Waals surface area contributed by atoms with Crippen molar-refractivity contribution in [1.82, 2.24) is 0 Å². The quantitative estimate of drug-likeness (QED) is 0.817. The number of rotatable bonds is 5. The molecule has 96 valence electrons. The number of hydrogen-bond donors (Lipinski definition) is 1. The second-order valence-corrected chi connectivity index (χ2v) is 2.59. The summed E-state index contributed by atoms with van der Waals surface area (Å²) in [6, 6.07) is 0. The minimum absolute atomic E-state index is 0. The van der Waals surface area contributed by atoms with E-state index in [1.54, 1.807) is 0 Å². The van der Waals surface area contributed by atoms with E-state index in [1.165, 1.54) is 0 Å². The number of aliphatic carboxylic acids is 1. The Bertz CT molecular complexity index is 118. The molecule has 0 aliphatic heterocycles. The Morgan fingerprint density at radius 3 is 1.73 bits per heavy atom. The molecule has 7 heteroatoms. The number of carbonyl (C=O) groups is 1. The zero-order chi connectivity index (χ0) is 7.98. The van der Waals surface area contributed by atoms with Crippen molar-refractivity contribution < 1.29 is 44.6 Å². The number of carboxylic acids is 1. The molecule has 0 heterocycles. The molecule has 0 saturated heterocycles. The summed E-state index contributed by atoms with van der Waals surface area (Å²) in [4.78, 5) is 10.4. The SMILES string of the molecule is CCCCC(CC)C(=O)O.Cl.Cl.Cl.[Cr].[Cr]. The first-order valence-corrected chi connectivity index (χ1v) is 3.95. The van der Waals surface area contributed by atoms with Gasteiger partial charge in [-0.25, -0.2) is 0 Å². The third-order valence-electron chi connectivity index (χ3n) is 1.75. The fourth-order valence-corrected chi connectivity index (χ4v) is 0.953. The van der Waals surface area contributed by atoms with Gasteiger partial charge in [-0.2, -0.15) is 0 Å². The molecule has 0 amide bonds. The summed E-state index contributed by atoms with van der Waals surface area (Å²) in [5.74, 6) is -0.754. The van der Waals surface area contributed by atoms with E-state index in [4.69, 9.17) is 5.11 Å². The van der Waals surface area contributed by atoms with Crippen LogP contribution < -0.4 is 0 Å². The van der Waals surface area contributed by atoms with Gasteiger partial charge in [0.2, 0.25) is 0 Å². The van der Waals surface area contributed by atoms with Crippen molar-refractivity contribution >= 4 is 43.2 Å². The number of unbranched alkanes of at least 4 members (excludes halogenated alkanes) is 1. The molecule has 1 N–H and O–H groups in total.